The highest BCUT2D eigenvalue weighted by molar-refractivity contribution is 7.86. The molecule has 92 valence electrons. The quantitative estimate of drug-likeness (QED) is 0.636. The summed E-state index contributed by atoms with van der Waals surface area (Å²) >= 11 is 0. The van der Waals surface area contributed by atoms with Crippen molar-refractivity contribution in [1.29, 1.82) is 0 Å². The topological polar surface area (TPSA) is 35.5 Å². The standard InChI is InChI=1S/C11H24O3S/c1-6-13-10(14-7-2)8-9-15(12)11(3,4)5/h10H,6-9H2,1-5H3. The highest BCUT2D eigenvalue weighted by Gasteiger charge is 2.20. The lowest BCUT2D eigenvalue weighted by Crippen LogP contribution is -2.27. The van der Waals surface area contributed by atoms with Crippen LogP contribution in [0.1, 0.15) is 41.0 Å². The number of hydrogen-bond donors (Lipinski definition) is 0. The zero-order valence-electron chi connectivity index (χ0n) is 10.5. The molecule has 0 fully saturated rings. The first-order valence-electron chi connectivity index (χ1n) is 5.53. The van der Waals surface area contributed by atoms with Crippen LogP contribution in [0.15, 0.2) is 0 Å². The lowest BCUT2D eigenvalue weighted by atomic mass is 10.3. The van der Waals surface area contributed by atoms with Gasteiger partial charge in [0.2, 0.25) is 0 Å². The van der Waals surface area contributed by atoms with Gasteiger partial charge in [-0.1, -0.05) is 0 Å². The first-order chi connectivity index (χ1) is 6.91. The summed E-state index contributed by atoms with van der Waals surface area (Å²) in [7, 11) is -0.825. The molecule has 0 aromatic heterocycles. The van der Waals surface area contributed by atoms with Crippen molar-refractivity contribution in [3.8, 4) is 0 Å². The predicted octanol–water partition coefficient (Wildman–Crippen LogP) is 2.32. The minimum atomic E-state index is -0.825. The largest absolute Gasteiger partial charge is 0.353 e. The molecule has 0 saturated heterocycles. The van der Waals surface area contributed by atoms with Crippen molar-refractivity contribution in [2.24, 2.45) is 0 Å². The summed E-state index contributed by atoms with van der Waals surface area (Å²) in [5, 5.41) is 0. The third-order valence-corrected chi connectivity index (χ3v) is 3.90. The van der Waals surface area contributed by atoms with Crippen LogP contribution >= 0.6 is 0 Å². The molecule has 4 heteroatoms. The summed E-state index contributed by atoms with van der Waals surface area (Å²) in [5.41, 5.74) is 0. The fourth-order valence-corrected chi connectivity index (χ4v) is 2.11. The van der Waals surface area contributed by atoms with Gasteiger partial charge < -0.3 is 9.47 Å². The molecule has 0 aliphatic carbocycles. The van der Waals surface area contributed by atoms with E-state index in [9.17, 15) is 4.21 Å². The van der Waals surface area contributed by atoms with Crippen LogP contribution in [-0.4, -0.2) is 34.2 Å². The average Bonchev–Trinajstić information content (AvgIpc) is 2.12. The van der Waals surface area contributed by atoms with Crippen molar-refractivity contribution in [2.45, 2.75) is 52.1 Å². The Morgan fingerprint density at radius 2 is 1.60 bits per heavy atom. The fraction of sp³-hybridized carbons (Fsp3) is 1.00. The third-order valence-electron chi connectivity index (χ3n) is 1.93. The van der Waals surface area contributed by atoms with Crippen molar-refractivity contribution in [1.82, 2.24) is 0 Å². The minimum Gasteiger partial charge on any atom is -0.353 e. The molecule has 0 aliphatic rings. The Hall–Kier alpha value is 0.0700. The fourth-order valence-electron chi connectivity index (χ4n) is 1.10. The van der Waals surface area contributed by atoms with Crippen LogP contribution in [0, 0.1) is 0 Å². The first kappa shape index (κ1) is 15.1. The van der Waals surface area contributed by atoms with Gasteiger partial charge in [-0.2, -0.15) is 0 Å². The van der Waals surface area contributed by atoms with E-state index >= 15 is 0 Å². The zero-order valence-corrected chi connectivity index (χ0v) is 11.4. The summed E-state index contributed by atoms with van der Waals surface area (Å²) in [4.78, 5) is 0. The van der Waals surface area contributed by atoms with E-state index in [0.29, 0.717) is 25.4 Å². The Balaban J connectivity index is 3.93. The van der Waals surface area contributed by atoms with E-state index in [0.717, 1.165) is 0 Å². The smallest absolute Gasteiger partial charge is 0.158 e. The van der Waals surface area contributed by atoms with E-state index in [1.807, 2.05) is 34.6 Å². The van der Waals surface area contributed by atoms with Crippen LogP contribution in [0.3, 0.4) is 0 Å². The Kier molecular flexibility index (Phi) is 7.40. The van der Waals surface area contributed by atoms with Gasteiger partial charge in [-0.05, 0) is 34.6 Å². The van der Waals surface area contributed by atoms with Crippen molar-refractivity contribution in [3.63, 3.8) is 0 Å². The maximum absolute atomic E-state index is 11.8. The highest BCUT2D eigenvalue weighted by Crippen LogP contribution is 2.14. The van der Waals surface area contributed by atoms with Crippen molar-refractivity contribution in [3.05, 3.63) is 0 Å². The zero-order chi connectivity index (χ0) is 11.9. The normalized spacial score (nSPS) is 14.5. The lowest BCUT2D eigenvalue weighted by Gasteiger charge is -2.21. The molecule has 0 heterocycles. The molecule has 0 spiro atoms. The molecule has 0 aromatic carbocycles. The second kappa shape index (κ2) is 7.36. The van der Waals surface area contributed by atoms with E-state index < -0.39 is 10.8 Å². The number of hydrogen-bond acceptors (Lipinski definition) is 3. The molecule has 0 aliphatic heterocycles. The summed E-state index contributed by atoms with van der Waals surface area (Å²) in [6.07, 6.45) is 0.497. The van der Waals surface area contributed by atoms with Crippen LogP contribution in [-0.2, 0) is 20.3 Å². The Labute approximate surface area is 96.0 Å². The van der Waals surface area contributed by atoms with Gasteiger partial charge in [0.25, 0.3) is 0 Å². The predicted molar refractivity (Wildman–Crippen MR) is 64.4 cm³/mol. The van der Waals surface area contributed by atoms with E-state index in [2.05, 4.69) is 0 Å². The van der Waals surface area contributed by atoms with Crippen molar-refractivity contribution >= 4 is 10.8 Å². The van der Waals surface area contributed by atoms with Crippen LogP contribution in [0.2, 0.25) is 0 Å². The Bertz CT molecular complexity index is 181. The average molecular weight is 236 g/mol. The molecule has 1 unspecified atom stereocenters. The van der Waals surface area contributed by atoms with E-state index in [-0.39, 0.29) is 11.0 Å². The second-order valence-corrected chi connectivity index (χ2v) is 6.61. The van der Waals surface area contributed by atoms with Crippen molar-refractivity contribution < 1.29 is 13.7 Å². The number of rotatable bonds is 7. The molecule has 1 atom stereocenters. The van der Waals surface area contributed by atoms with Gasteiger partial charge in [0, 0.05) is 40.9 Å². The molecule has 15 heavy (non-hydrogen) atoms. The van der Waals surface area contributed by atoms with Crippen LogP contribution in [0.5, 0.6) is 0 Å². The monoisotopic (exact) mass is 236 g/mol. The SMILES string of the molecule is CCOC(CCS(=O)C(C)(C)C)OCC. The van der Waals surface area contributed by atoms with Gasteiger partial charge >= 0.3 is 0 Å². The molecule has 0 radical (unpaired) electrons. The molecule has 0 aromatic rings. The molecule has 0 rings (SSSR count). The second-order valence-electron chi connectivity index (χ2n) is 4.29. The van der Waals surface area contributed by atoms with Gasteiger partial charge in [0.15, 0.2) is 6.29 Å². The van der Waals surface area contributed by atoms with Gasteiger partial charge in [0.1, 0.15) is 0 Å². The maximum Gasteiger partial charge on any atom is 0.158 e. The summed E-state index contributed by atoms with van der Waals surface area (Å²) in [5.74, 6) is 0.633. The van der Waals surface area contributed by atoms with Crippen LogP contribution in [0.4, 0.5) is 0 Å². The molecular formula is C11H24O3S. The van der Waals surface area contributed by atoms with Crippen LogP contribution in [0.25, 0.3) is 0 Å². The van der Waals surface area contributed by atoms with Crippen molar-refractivity contribution in [2.75, 3.05) is 19.0 Å². The minimum absolute atomic E-state index is 0.150. The van der Waals surface area contributed by atoms with E-state index in [1.54, 1.807) is 0 Å². The molecule has 0 N–H and O–H groups in total. The van der Waals surface area contributed by atoms with Crippen LogP contribution < -0.4 is 0 Å². The molecule has 0 saturated carbocycles. The number of ether oxygens (including phenoxy) is 2. The molecular weight excluding hydrogens is 212 g/mol. The summed E-state index contributed by atoms with van der Waals surface area (Å²) < 4.78 is 22.4. The molecule has 0 amide bonds. The van der Waals surface area contributed by atoms with Gasteiger partial charge in [-0.15, -0.1) is 0 Å². The summed E-state index contributed by atoms with van der Waals surface area (Å²) in [6, 6.07) is 0. The van der Waals surface area contributed by atoms with Gasteiger partial charge in [0.05, 0.1) is 0 Å². The van der Waals surface area contributed by atoms with Gasteiger partial charge in [-0.25, -0.2) is 0 Å². The molecule has 3 nitrogen and oxygen atoms in total. The van der Waals surface area contributed by atoms with Gasteiger partial charge in [-0.3, -0.25) is 4.21 Å². The third kappa shape index (κ3) is 7.03. The Morgan fingerprint density at radius 3 is 1.93 bits per heavy atom. The maximum atomic E-state index is 11.8. The van der Waals surface area contributed by atoms with E-state index in [4.69, 9.17) is 9.47 Å². The molecule has 0 bridgehead atoms. The summed E-state index contributed by atoms with van der Waals surface area (Å²) in [6.45, 7) is 11.1. The van der Waals surface area contributed by atoms with E-state index in [1.165, 1.54) is 0 Å². The first-order valence-corrected chi connectivity index (χ1v) is 6.85. The highest BCUT2D eigenvalue weighted by atomic mass is 32.2. The lowest BCUT2D eigenvalue weighted by molar-refractivity contribution is -0.136. The Morgan fingerprint density at radius 1 is 1.13 bits per heavy atom.